The molecule has 1 fully saturated rings. The van der Waals surface area contributed by atoms with Crippen molar-refractivity contribution in [2.45, 2.75) is 37.8 Å². The first-order chi connectivity index (χ1) is 17.4. The number of thiazole rings is 1. The number of esters is 1. The zero-order chi connectivity index (χ0) is 27.5. The predicted molar refractivity (Wildman–Crippen MR) is 138 cm³/mol. The molecule has 1 unspecified atom stereocenters. The third kappa shape index (κ3) is 6.55. The largest absolute Gasteiger partial charge is 0.477 e. The van der Waals surface area contributed by atoms with Crippen LogP contribution in [-0.2, 0) is 33.5 Å². The van der Waals surface area contributed by atoms with Crippen molar-refractivity contribution >= 4 is 87.5 Å². The maximum absolute atomic E-state index is 13.2. The summed E-state index contributed by atoms with van der Waals surface area (Å²) in [6.07, 6.45) is 2.08. The Morgan fingerprint density at radius 1 is 1.38 bits per heavy atom. The van der Waals surface area contributed by atoms with E-state index in [0.717, 1.165) is 16.2 Å². The number of hydrogen-bond acceptors (Lipinski definition) is 12. The van der Waals surface area contributed by atoms with E-state index in [1.165, 1.54) is 23.5 Å². The fourth-order valence-corrected chi connectivity index (χ4v) is 6.48. The lowest BCUT2D eigenvalue weighted by Gasteiger charge is -2.49. The lowest BCUT2D eigenvalue weighted by atomic mass is 10.0. The summed E-state index contributed by atoms with van der Waals surface area (Å²) in [4.78, 5) is 71.3. The molecular weight excluding hydrogens is 570 g/mol. The van der Waals surface area contributed by atoms with Crippen molar-refractivity contribution in [3.63, 3.8) is 0 Å². The van der Waals surface area contributed by atoms with E-state index in [2.05, 4.69) is 20.8 Å². The average molecular weight is 592 g/mol. The van der Waals surface area contributed by atoms with Gasteiger partial charge < -0.3 is 25.3 Å². The highest BCUT2D eigenvalue weighted by atomic mass is 35.5. The number of nitrogens with zero attached hydrogens (tertiary/aromatic N) is 3. The molecule has 2 aliphatic rings. The van der Waals surface area contributed by atoms with E-state index < -0.39 is 53.1 Å². The van der Waals surface area contributed by atoms with Gasteiger partial charge in [0.25, 0.3) is 11.8 Å². The molecule has 3 heterocycles. The normalized spacial score (nSPS) is 19.5. The average Bonchev–Trinajstić information content (AvgIpc) is 3.17. The smallest absolute Gasteiger partial charge is 0.353 e. The molecule has 0 spiro atoms. The van der Waals surface area contributed by atoms with Crippen LogP contribution in [0.3, 0.4) is 0 Å². The second-order valence-corrected chi connectivity index (χ2v) is 12.0. The number of oxime groups is 1. The van der Waals surface area contributed by atoms with Gasteiger partial charge >= 0.3 is 11.9 Å². The second-order valence-electron chi connectivity index (χ2n) is 8.35. The molecule has 0 saturated carbocycles. The standard InChI is InChI=1S/C20H22ClN5O8S3/c1-20(2,3)34-9(28)5-33-25-11(10-14(21)37-19(24-10)22-7-27)15(29)23-12-16(30)26-13(18(31)32)8(35-4)6-36-17(12)26/h7,12,17H,5-6H2,1-4H3,(H,23,29)(H,31,32)(H,22,24,27)/t12?,17-/m0/s1. The first-order valence-electron chi connectivity index (χ1n) is 10.4. The summed E-state index contributed by atoms with van der Waals surface area (Å²) >= 11 is 9.57. The molecule has 2 aliphatic heterocycles. The SMILES string of the molecule is CSC1=C(C(=O)O)N2C(=O)C(NC(=O)C(=NOCC(=O)OC(C)(C)C)c3nc(NC=O)sc3Cl)[C@@H]2SC1. The number of hydrogen-bond donors (Lipinski definition) is 3. The Morgan fingerprint density at radius 2 is 2.08 bits per heavy atom. The van der Waals surface area contributed by atoms with Crippen molar-refractivity contribution in [3.8, 4) is 0 Å². The number of rotatable bonds is 10. The molecule has 3 rings (SSSR count). The number of amides is 3. The van der Waals surface area contributed by atoms with Gasteiger partial charge in [0, 0.05) is 10.7 Å². The molecule has 17 heteroatoms. The molecular formula is C20H22ClN5O8S3. The molecule has 0 bridgehead atoms. The summed E-state index contributed by atoms with van der Waals surface area (Å²) in [7, 11) is 0. The fraction of sp³-hybridized carbons (Fsp3) is 0.450. The van der Waals surface area contributed by atoms with Gasteiger partial charge in [-0.15, -0.1) is 23.5 Å². The third-order valence-corrected chi connectivity index (χ3v) is 8.11. The van der Waals surface area contributed by atoms with Crippen LogP contribution >= 0.6 is 46.5 Å². The van der Waals surface area contributed by atoms with Gasteiger partial charge in [0.15, 0.2) is 10.8 Å². The summed E-state index contributed by atoms with van der Waals surface area (Å²) in [6.45, 7) is 4.37. The molecule has 0 aromatic carbocycles. The van der Waals surface area contributed by atoms with Crippen molar-refractivity contribution in [2.75, 3.05) is 23.9 Å². The minimum atomic E-state index is -1.24. The number of nitrogens with one attached hydrogen (secondary N) is 2. The summed E-state index contributed by atoms with van der Waals surface area (Å²) < 4.78 is 5.11. The molecule has 0 aliphatic carbocycles. The van der Waals surface area contributed by atoms with E-state index in [-0.39, 0.29) is 20.9 Å². The van der Waals surface area contributed by atoms with E-state index in [1.807, 2.05) is 0 Å². The maximum Gasteiger partial charge on any atom is 0.353 e. The molecule has 1 saturated heterocycles. The van der Waals surface area contributed by atoms with E-state index >= 15 is 0 Å². The highest BCUT2D eigenvalue weighted by Gasteiger charge is 2.54. The molecule has 1 aromatic rings. The minimum absolute atomic E-state index is 0.0200. The number of β-lactam (4-membered cyclic amide) rings is 1. The van der Waals surface area contributed by atoms with Crippen LogP contribution < -0.4 is 10.6 Å². The number of carboxylic acid groups (broad SMARTS) is 1. The number of carbonyl (C=O) groups excluding carboxylic acids is 4. The van der Waals surface area contributed by atoms with Crippen molar-refractivity contribution < 1.29 is 38.7 Å². The number of aliphatic carboxylic acids is 1. The van der Waals surface area contributed by atoms with Crippen LogP contribution in [0, 0.1) is 0 Å². The second kappa shape index (κ2) is 11.7. The van der Waals surface area contributed by atoms with Gasteiger partial charge in [-0.25, -0.2) is 14.6 Å². The predicted octanol–water partition coefficient (Wildman–Crippen LogP) is 1.49. The molecule has 13 nitrogen and oxygen atoms in total. The molecule has 200 valence electrons. The van der Waals surface area contributed by atoms with Crippen molar-refractivity contribution in [3.05, 3.63) is 20.6 Å². The Morgan fingerprint density at radius 3 is 2.68 bits per heavy atom. The van der Waals surface area contributed by atoms with E-state index in [4.69, 9.17) is 21.2 Å². The van der Waals surface area contributed by atoms with Crippen LogP contribution in [0.25, 0.3) is 0 Å². The van der Waals surface area contributed by atoms with E-state index in [9.17, 15) is 29.1 Å². The quantitative estimate of drug-likeness (QED) is 0.118. The van der Waals surface area contributed by atoms with E-state index in [0.29, 0.717) is 17.1 Å². The Labute approximate surface area is 228 Å². The summed E-state index contributed by atoms with van der Waals surface area (Å²) in [6, 6.07) is -1.06. The Bertz CT molecular complexity index is 1200. The molecule has 3 amide bonds. The number of thioether (sulfide) groups is 2. The number of carbonyl (C=O) groups is 5. The Balaban J connectivity index is 1.82. The maximum atomic E-state index is 13.2. The highest BCUT2D eigenvalue weighted by molar-refractivity contribution is 8.05. The topological polar surface area (TPSA) is 177 Å². The zero-order valence-electron chi connectivity index (χ0n) is 19.9. The molecule has 0 radical (unpaired) electrons. The number of anilines is 1. The van der Waals surface area contributed by atoms with Crippen LogP contribution in [0.1, 0.15) is 26.5 Å². The minimum Gasteiger partial charge on any atom is -0.477 e. The van der Waals surface area contributed by atoms with Crippen molar-refractivity contribution in [1.29, 1.82) is 0 Å². The highest BCUT2D eigenvalue weighted by Crippen LogP contribution is 2.42. The van der Waals surface area contributed by atoms with Gasteiger partial charge in [-0.3, -0.25) is 19.3 Å². The van der Waals surface area contributed by atoms with Gasteiger partial charge in [-0.1, -0.05) is 28.1 Å². The first-order valence-corrected chi connectivity index (χ1v) is 13.9. The van der Waals surface area contributed by atoms with Crippen molar-refractivity contribution in [1.82, 2.24) is 15.2 Å². The molecule has 37 heavy (non-hydrogen) atoms. The Hall–Kier alpha value is -2.82. The van der Waals surface area contributed by atoms with Gasteiger partial charge in [0.1, 0.15) is 32.7 Å². The van der Waals surface area contributed by atoms with Gasteiger partial charge in [0.05, 0.1) is 0 Å². The number of aromatic nitrogens is 1. The third-order valence-electron chi connectivity index (χ3n) is 4.63. The lowest BCUT2D eigenvalue weighted by molar-refractivity contribution is -0.160. The number of fused-ring (bicyclic) bond motifs is 1. The monoisotopic (exact) mass is 591 g/mol. The van der Waals surface area contributed by atoms with Crippen LogP contribution in [0.5, 0.6) is 0 Å². The van der Waals surface area contributed by atoms with Gasteiger partial charge in [-0.2, -0.15) is 0 Å². The van der Waals surface area contributed by atoms with E-state index in [1.54, 1.807) is 27.0 Å². The zero-order valence-corrected chi connectivity index (χ0v) is 23.1. The summed E-state index contributed by atoms with van der Waals surface area (Å²) in [5.41, 5.74) is -1.51. The summed E-state index contributed by atoms with van der Waals surface area (Å²) in [5.74, 6) is -3.16. The molecule has 1 aromatic heterocycles. The van der Waals surface area contributed by atoms with Crippen molar-refractivity contribution in [2.24, 2.45) is 5.16 Å². The van der Waals surface area contributed by atoms with Crippen LogP contribution in [-0.4, -0.2) is 86.5 Å². The number of ether oxygens (including phenoxy) is 1. The van der Waals surface area contributed by atoms with Gasteiger partial charge in [0.2, 0.25) is 13.0 Å². The van der Waals surface area contributed by atoms with Crippen LogP contribution in [0.15, 0.2) is 15.8 Å². The van der Waals surface area contributed by atoms with Crippen LogP contribution in [0.2, 0.25) is 4.34 Å². The number of halogens is 1. The number of carboxylic acids is 1. The first kappa shape index (κ1) is 28.7. The van der Waals surface area contributed by atoms with Gasteiger partial charge in [-0.05, 0) is 27.0 Å². The molecule has 3 N–H and O–H groups in total. The fourth-order valence-electron chi connectivity index (χ4n) is 3.23. The lowest BCUT2D eigenvalue weighted by Crippen LogP contribution is -2.71. The summed E-state index contributed by atoms with van der Waals surface area (Å²) in [5, 5.41) is 17.5. The van der Waals surface area contributed by atoms with Crippen LogP contribution in [0.4, 0.5) is 5.13 Å². The Kier molecular flexibility index (Phi) is 9.09. The molecule has 2 atom stereocenters.